The number of carbonyl (C=O) groups is 1. The Labute approximate surface area is 113 Å². The number of phenolic OH excluding ortho intramolecular Hbond substituents is 2. The zero-order valence-corrected chi connectivity index (χ0v) is 11.7. The molecule has 0 saturated heterocycles. The molecule has 0 unspecified atom stereocenters. The Balaban J connectivity index is 3.03. The molecule has 5 heteroatoms. The number of rotatable bonds is 5. The molecule has 0 atom stereocenters. The Morgan fingerprint density at radius 1 is 1.32 bits per heavy atom. The highest BCUT2D eigenvalue weighted by Gasteiger charge is 2.26. The highest BCUT2D eigenvalue weighted by Crippen LogP contribution is 2.28. The van der Waals surface area contributed by atoms with E-state index in [1.54, 1.807) is 4.90 Å². The lowest BCUT2D eigenvalue weighted by Gasteiger charge is -2.31. The highest BCUT2D eigenvalue weighted by atomic mass is 16.3. The number of carbonyl (C=O) groups excluding carboxylic acids is 1. The number of hydrogen-bond acceptors (Lipinski definition) is 4. The van der Waals surface area contributed by atoms with Gasteiger partial charge in [0.25, 0.3) is 5.91 Å². The van der Waals surface area contributed by atoms with Gasteiger partial charge in [-0.1, -0.05) is 19.9 Å². The average Bonchev–Trinajstić information content (AvgIpc) is 2.35. The fourth-order valence-corrected chi connectivity index (χ4v) is 1.81. The second kappa shape index (κ2) is 5.93. The Hall–Kier alpha value is -1.75. The molecule has 0 saturated carbocycles. The third kappa shape index (κ3) is 3.61. The Kier molecular flexibility index (Phi) is 4.78. The maximum absolute atomic E-state index is 12.4. The van der Waals surface area contributed by atoms with Crippen LogP contribution in [0.25, 0.3) is 0 Å². The van der Waals surface area contributed by atoms with Crippen molar-refractivity contribution in [2.75, 3.05) is 19.6 Å². The third-order valence-corrected chi connectivity index (χ3v) is 3.07. The molecule has 0 spiro atoms. The molecule has 0 radical (unpaired) electrons. The molecule has 0 aliphatic heterocycles. The summed E-state index contributed by atoms with van der Waals surface area (Å²) < 4.78 is 0. The van der Waals surface area contributed by atoms with Gasteiger partial charge in [0, 0.05) is 13.1 Å². The van der Waals surface area contributed by atoms with Crippen LogP contribution < -0.4 is 5.73 Å². The van der Waals surface area contributed by atoms with E-state index in [0.717, 1.165) is 0 Å². The normalized spacial score (nSPS) is 11.4. The van der Waals surface area contributed by atoms with E-state index in [9.17, 15) is 15.0 Å². The van der Waals surface area contributed by atoms with Crippen LogP contribution in [0.5, 0.6) is 11.5 Å². The van der Waals surface area contributed by atoms with Gasteiger partial charge in [-0.25, -0.2) is 0 Å². The van der Waals surface area contributed by atoms with Crippen molar-refractivity contribution in [3.8, 4) is 11.5 Å². The molecule has 106 valence electrons. The number of hydrogen-bond donors (Lipinski definition) is 3. The first kappa shape index (κ1) is 15.3. The smallest absolute Gasteiger partial charge is 0.261 e. The molecular weight excluding hydrogens is 244 g/mol. The lowest BCUT2D eigenvalue weighted by atomic mass is 9.92. The second-order valence-corrected chi connectivity index (χ2v) is 5.36. The molecule has 4 N–H and O–H groups in total. The van der Waals surface area contributed by atoms with E-state index >= 15 is 0 Å². The summed E-state index contributed by atoms with van der Waals surface area (Å²) in [4.78, 5) is 13.9. The SMILES string of the molecule is CCN(CC(C)(C)CN)C(=O)c1c(O)cccc1O. The fourth-order valence-electron chi connectivity index (χ4n) is 1.81. The van der Waals surface area contributed by atoms with Gasteiger partial charge in [0.15, 0.2) is 0 Å². The van der Waals surface area contributed by atoms with Crippen LogP contribution >= 0.6 is 0 Å². The van der Waals surface area contributed by atoms with Gasteiger partial charge in [-0.3, -0.25) is 4.79 Å². The van der Waals surface area contributed by atoms with Gasteiger partial charge in [0.2, 0.25) is 0 Å². The molecule has 0 bridgehead atoms. The Morgan fingerprint density at radius 3 is 2.26 bits per heavy atom. The van der Waals surface area contributed by atoms with E-state index < -0.39 is 0 Å². The first-order valence-electron chi connectivity index (χ1n) is 6.32. The topological polar surface area (TPSA) is 86.8 Å². The number of nitrogens with two attached hydrogens (primary N) is 1. The first-order valence-corrected chi connectivity index (χ1v) is 6.32. The van der Waals surface area contributed by atoms with Crippen molar-refractivity contribution in [2.45, 2.75) is 20.8 Å². The first-order chi connectivity index (χ1) is 8.82. The Bertz CT molecular complexity index is 438. The summed E-state index contributed by atoms with van der Waals surface area (Å²) in [6.07, 6.45) is 0. The number of amides is 1. The van der Waals surface area contributed by atoms with Crippen molar-refractivity contribution >= 4 is 5.91 Å². The molecule has 5 nitrogen and oxygen atoms in total. The second-order valence-electron chi connectivity index (χ2n) is 5.36. The summed E-state index contributed by atoms with van der Waals surface area (Å²) in [5, 5.41) is 19.5. The van der Waals surface area contributed by atoms with Crippen LogP contribution in [0.2, 0.25) is 0 Å². The molecule has 0 heterocycles. The minimum atomic E-state index is -0.389. The molecule has 0 aromatic heterocycles. The molecule has 0 aliphatic rings. The summed E-state index contributed by atoms with van der Waals surface area (Å²) in [6.45, 7) is 7.18. The fraction of sp³-hybridized carbons (Fsp3) is 0.500. The van der Waals surface area contributed by atoms with Crippen LogP contribution in [0.1, 0.15) is 31.1 Å². The minimum Gasteiger partial charge on any atom is -0.507 e. The summed E-state index contributed by atoms with van der Waals surface area (Å²) >= 11 is 0. The van der Waals surface area contributed by atoms with E-state index in [1.807, 2.05) is 20.8 Å². The van der Waals surface area contributed by atoms with Gasteiger partial charge in [-0.15, -0.1) is 0 Å². The molecular formula is C14H22N2O3. The van der Waals surface area contributed by atoms with Crippen LogP contribution in [0.3, 0.4) is 0 Å². The van der Waals surface area contributed by atoms with Crippen LogP contribution in [0.4, 0.5) is 0 Å². The molecule has 0 aliphatic carbocycles. The predicted octanol–water partition coefficient (Wildman–Crippen LogP) is 1.54. The number of benzene rings is 1. The lowest BCUT2D eigenvalue weighted by Crippen LogP contribution is -2.42. The average molecular weight is 266 g/mol. The monoisotopic (exact) mass is 266 g/mol. The van der Waals surface area contributed by atoms with Crippen LogP contribution in [0.15, 0.2) is 18.2 Å². The van der Waals surface area contributed by atoms with Crippen molar-refractivity contribution in [2.24, 2.45) is 11.1 Å². The summed E-state index contributed by atoms with van der Waals surface area (Å²) in [5.41, 5.74) is 5.40. The predicted molar refractivity (Wildman–Crippen MR) is 74.2 cm³/mol. The van der Waals surface area contributed by atoms with Gasteiger partial charge in [0.05, 0.1) is 0 Å². The van der Waals surface area contributed by atoms with E-state index in [1.165, 1.54) is 18.2 Å². The van der Waals surface area contributed by atoms with Crippen molar-refractivity contribution in [3.05, 3.63) is 23.8 Å². The maximum Gasteiger partial charge on any atom is 0.261 e. The van der Waals surface area contributed by atoms with E-state index in [0.29, 0.717) is 19.6 Å². The zero-order chi connectivity index (χ0) is 14.6. The van der Waals surface area contributed by atoms with Gasteiger partial charge >= 0.3 is 0 Å². The quantitative estimate of drug-likeness (QED) is 0.754. The van der Waals surface area contributed by atoms with Crippen LogP contribution in [-0.4, -0.2) is 40.7 Å². The van der Waals surface area contributed by atoms with Gasteiger partial charge in [-0.2, -0.15) is 0 Å². The number of nitrogens with zero attached hydrogens (tertiary/aromatic N) is 1. The van der Waals surface area contributed by atoms with Gasteiger partial charge < -0.3 is 20.8 Å². The van der Waals surface area contributed by atoms with E-state index in [-0.39, 0.29) is 28.4 Å². The van der Waals surface area contributed by atoms with Crippen molar-refractivity contribution in [1.82, 2.24) is 4.90 Å². The molecule has 19 heavy (non-hydrogen) atoms. The highest BCUT2D eigenvalue weighted by molar-refractivity contribution is 5.99. The lowest BCUT2D eigenvalue weighted by molar-refractivity contribution is 0.0694. The van der Waals surface area contributed by atoms with Crippen LogP contribution in [0, 0.1) is 5.41 Å². The van der Waals surface area contributed by atoms with Crippen LogP contribution in [-0.2, 0) is 0 Å². The zero-order valence-electron chi connectivity index (χ0n) is 11.7. The van der Waals surface area contributed by atoms with Gasteiger partial charge in [0.1, 0.15) is 17.1 Å². The van der Waals surface area contributed by atoms with E-state index in [4.69, 9.17) is 5.73 Å². The minimum absolute atomic E-state index is 0.0582. The Morgan fingerprint density at radius 2 is 1.84 bits per heavy atom. The summed E-state index contributed by atoms with van der Waals surface area (Å²) in [6, 6.07) is 4.26. The van der Waals surface area contributed by atoms with Crippen molar-refractivity contribution in [1.29, 1.82) is 0 Å². The number of phenols is 2. The van der Waals surface area contributed by atoms with Gasteiger partial charge in [-0.05, 0) is 31.0 Å². The standard InChI is InChI=1S/C14H22N2O3/c1-4-16(9-14(2,3)8-15)13(19)12-10(17)6-5-7-11(12)18/h5-7,17-18H,4,8-9,15H2,1-3H3. The van der Waals surface area contributed by atoms with E-state index in [2.05, 4.69) is 0 Å². The maximum atomic E-state index is 12.4. The molecule has 1 amide bonds. The summed E-state index contributed by atoms with van der Waals surface area (Å²) in [7, 11) is 0. The van der Waals surface area contributed by atoms with Crippen molar-refractivity contribution < 1.29 is 15.0 Å². The number of aromatic hydroxyl groups is 2. The molecule has 0 fully saturated rings. The molecule has 1 aromatic carbocycles. The molecule has 1 aromatic rings. The summed E-state index contributed by atoms with van der Waals surface area (Å²) in [5.74, 6) is -0.817. The third-order valence-electron chi connectivity index (χ3n) is 3.07. The molecule has 1 rings (SSSR count). The van der Waals surface area contributed by atoms with Crippen molar-refractivity contribution in [3.63, 3.8) is 0 Å². The largest absolute Gasteiger partial charge is 0.507 e.